The van der Waals surface area contributed by atoms with Crippen LogP contribution in [0.4, 0.5) is 5.69 Å². The molecule has 4 heteroatoms. The SMILES string of the molecule is Cc1ccc([C@H](N[C@@H](C)C(=O)Nc2ccccc2C#N)c2ccccc2)cc1. The molecule has 3 aromatic carbocycles. The third-order valence-electron chi connectivity index (χ3n) is 4.66. The number of amides is 1. The Hall–Kier alpha value is -3.42. The lowest BCUT2D eigenvalue weighted by Gasteiger charge is -2.24. The van der Waals surface area contributed by atoms with E-state index in [1.54, 1.807) is 24.3 Å². The molecule has 140 valence electrons. The van der Waals surface area contributed by atoms with Crippen molar-refractivity contribution in [2.45, 2.75) is 25.9 Å². The Balaban J connectivity index is 1.81. The molecule has 0 spiro atoms. The molecule has 0 aliphatic heterocycles. The predicted octanol–water partition coefficient (Wildman–Crippen LogP) is 4.57. The zero-order valence-corrected chi connectivity index (χ0v) is 16.0. The quantitative estimate of drug-likeness (QED) is 0.669. The van der Waals surface area contributed by atoms with Crippen molar-refractivity contribution in [1.82, 2.24) is 5.32 Å². The molecule has 28 heavy (non-hydrogen) atoms. The lowest BCUT2D eigenvalue weighted by atomic mass is 9.97. The number of rotatable bonds is 6. The highest BCUT2D eigenvalue weighted by molar-refractivity contribution is 5.95. The van der Waals surface area contributed by atoms with Gasteiger partial charge in [0, 0.05) is 0 Å². The standard InChI is InChI=1S/C24H23N3O/c1-17-12-14-20(15-13-17)23(19-8-4-3-5-9-19)26-18(2)24(28)27-22-11-7-6-10-21(22)16-25/h3-15,18,23,26H,1-2H3,(H,27,28)/t18-,23+/m0/s1. The molecule has 2 atom stereocenters. The van der Waals surface area contributed by atoms with Crippen LogP contribution in [0.2, 0.25) is 0 Å². The van der Waals surface area contributed by atoms with Crippen LogP contribution in [0.15, 0.2) is 78.9 Å². The van der Waals surface area contributed by atoms with Crippen molar-refractivity contribution in [2.24, 2.45) is 0 Å². The molecule has 1 amide bonds. The molecule has 0 saturated carbocycles. The fraction of sp³-hybridized carbons (Fsp3) is 0.167. The number of nitrogens with one attached hydrogen (secondary N) is 2. The maximum atomic E-state index is 12.7. The second kappa shape index (κ2) is 8.98. The minimum atomic E-state index is -0.460. The number of nitrogens with zero attached hydrogens (tertiary/aromatic N) is 1. The van der Waals surface area contributed by atoms with E-state index in [0.29, 0.717) is 11.3 Å². The van der Waals surface area contributed by atoms with Gasteiger partial charge in [0.15, 0.2) is 0 Å². The Morgan fingerprint density at radius 1 is 0.893 bits per heavy atom. The largest absolute Gasteiger partial charge is 0.324 e. The zero-order valence-electron chi connectivity index (χ0n) is 16.0. The Morgan fingerprint density at radius 3 is 2.18 bits per heavy atom. The highest BCUT2D eigenvalue weighted by Gasteiger charge is 2.21. The highest BCUT2D eigenvalue weighted by atomic mass is 16.2. The fourth-order valence-corrected chi connectivity index (χ4v) is 3.05. The maximum Gasteiger partial charge on any atom is 0.241 e. The van der Waals surface area contributed by atoms with Gasteiger partial charge in [-0.3, -0.25) is 10.1 Å². The molecular weight excluding hydrogens is 346 g/mol. The first-order valence-electron chi connectivity index (χ1n) is 9.26. The number of hydrogen-bond acceptors (Lipinski definition) is 3. The Kier molecular flexibility index (Phi) is 6.21. The third-order valence-corrected chi connectivity index (χ3v) is 4.66. The summed E-state index contributed by atoms with van der Waals surface area (Å²) in [6.07, 6.45) is 0. The molecule has 0 unspecified atom stereocenters. The number of benzene rings is 3. The van der Waals surface area contributed by atoms with Crippen molar-refractivity contribution < 1.29 is 4.79 Å². The van der Waals surface area contributed by atoms with Gasteiger partial charge in [0.05, 0.1) is 23.3 Å². The molecule has 3 rings (SSSR count). The van der Waals surface area contributed by atoms with E-state index < -0.39 is 6.04 Å². The summed E-state index contributed by atoms with van der Waals surface area (Å²) in [5.41, 5.74) is 4.34. The van der Waals surface area contributed by atoms with E-state index in [2.05, 4.69) is 47.9 Å². The zero-order chi connectivity index (χ0) is 19.9. The highest BCUT2D eigenvalue weighted by Crippen LogP contribution is 2.23. The Bertz CT molecular complexity index is 975. The van der Waals surface area contributed by atoms with Gasteiger partial charge in [0.2, 0.25) is 5.91 Å². The molecule has 3 aromatic rings. The lowest BCUT2D eigenvalue weighted by molar-refractivity contribution is -0.117. The van der Waals surface area contributed by atoms with Crippen LogP contribution in [0.1, 0.15) is 35.2 Å². The second-order valence-electron chi connectivity index (χ2n) is 6.79. The molecule has 0 fully saturated rings. The predicted molar refractivity (Wildman–Crippen MR) is 112 cm³/mol. The summed E-state index contributed by atoms with van der Waals surface area (Å²) >= 11 is 0. The van der Waals surface area contributed by atoms with Crippen molar-refractivity contribution in [3.63, 3.8) is 0 Å². The van der Waals surface area contributed by atoms with Gasteiger partial charge >= 0.3 is 0 Å². The van der Waals surface area contributed by atoms with Crippen LogP contribution in [0.25, 0.3) is 0 Å². The topological polar surface area (TPSA) is 64.9 Å². The van der Waals surface area contributed by atoms with E-state index in [1.807, 2.05) is 37.3 Å². The number of carbonyl (C=O) groups excluding carboxylic acids is 1. The van der Waals surface area contributed by atoms with Crippen molar-refractivity contribution in [3.8, 4) is 6.07 Å². The summed E-state index contributed by atoms with van der Waals surface area (Å²) in [5.74, 6) is -0.184. The van der Waals surface area contributed by atoms with Gasteiger partial charge < -0.3 is 5.32 Å². The van der Waals surface area contributed by atoms with Crippen LogP contribution in [0.3, 0.4) is 0 Å². The Labute approximate surface area is 165 Å². The molecule has 0 aromatic heterocycles. The number of nitriles is 1. The van der Waals surface area contributed by atoms with Crippen molar-refractivity contribution in [2.75, 3.05) is 5.32 Å². The molecule has 0 saturated heterocycles. The molecule has 0 radical (unpaired) electrons. The van der Waals surface area contributed by atoms with Gasteiger partial charge in [0.25, 0.3) is 0 Å². The smallest absolute Gasteiger partial charge is 0.241 e. The first kappa shape index (κ1) is 19.3. The number of aryl methyl sites for hydroxylation is 1. The summed E-state index contributed by atoms with van der Waals surface area (Å²) in [4.78, 5) is 12.7. The van der Waals surface area contributed by atoms with Crippen LogP contribution < -0.4 is 10.6 Å². The summed E-state index contributed by atoms with van der Waals surface area (Å²) < 4.78 is 0. The van der Waals surface area contributed by atoms with Crippen molar-refractivity contribution in [3.05, 3.63) is 101 Å². The number of anilines is 1. The number of hydrogen-bond donors (Lipinski definition) is 2. The van der Waals surface area contributed by atoms with Crippen LogP contribution in [0.5, 0.6) is 0 Å². The van der Waals surface area contributed by atoms with E-state index >= 15 is 0 Å². The van der Waals surface area contributed by atoms with Crippen molar-refractivity contribution >= 4 is 11.6 Å². The fourth-order valence-electron chi connectivity index (χ4n) is 3.05. The van der Waals surface area contributed by atoms with Crippen LogP contribution in [-0.4, -0.2) is 11.9 Å². The number of carbonyl (C=O) groups is 1. The van der Waals surface area contributed by atoms with Gasteiger partial charge in [-0.15, -0.1) is 0 Å². The van der Waals surface area contributed by atoms with E-state index in [4.69, 9.17) is 0 Å². The molecule has 0 heterocycles. The Morgan fingerprint density at radius 2 is 1.50 bits per heavy atom. The van der Waals surface area contributed by atoms with Crippen LogP contribution >= 0.6 is 0 Å². The molecule has 2 N–H and O–H groups in total. The minimum Gasteiger partial charge on any atom is -0.324 e. The van der Waals surface area contributed by atoms with E-state index in [1.165, 1.54) is 5.56 Å². The second-order valence-corrected chi connectivity index (χ2v) is 6.79. The normalized spacial score (nSPS) is 12.6. The molecule has 0 bridgehead atoms. The van der Waals surface area contributed by atoms with Crippen LogP contribution in [0, 0.1) is 18.3 Å². The lowest BCUT2D eigenvalue weighted by Crippen LogP contribution is -2.40. The third kappa shape index (κ3) is 4.64. The monoisotopic (exact) mass is 369 g/mol. The average Bonchev–Trinajstić information content (AvgIpc) is 2.73. The van der Waals surface area contributed by atoms with Gasteiger partial charge in [-0.25, -0.2) is 0 Å². The first-order valence-corrected chi connectivity index (χ1v) is 9.26. The summed E-state index contributed by atoms with van der Waals surface area (Å²) in [5, 5.41) is 15.5. The van der Waals surface area contributed by atoms with Gasteiger partial charge in [0.1, 0.15) is 6.07 Å². The molecule has 0 aliphatic rings. The number of para-hydroxylation sites is 1. The van der Waals surface area contributed by atoms with Crippen molar-refractivity contribution in [1.29, 1.82) is 5.26 Å². The maximum absolute atomic E-state index is 12.7. The average molecular weight is 369 g/mol. The van der Waals surface area contributed by atoms with Gasteiger partial charge in [-0.1, -0.05) is 72.3 Å². The van der Waals surface area contributed by atoms with Crippen LogP contribution in [-0.2, 0) is 4.79 Å². The summed E-state index contributed by atoms with van der Waals surface area (Å²) in [7, 11) is 0. The first-order chi connectivity index (χ1) is 13.6. The van der Waals surface area contributed by atoms with E-state index in [0.717, 1.165) is 11.1 Å². The van der Waals surface area contributed by atoms with Gasteiger partial charge in [-0.2, -0.15) is 5.26 Å². The van der Waals surface area contributed by atoms with E-state index in [-0.39, 0.29) is 11.9 Å². The molecule has 0 aliphatic carbocycles. The molecule has 4 nitrogen and oxygen atoms in total. The minimum absolute atomic E-state index is 0.117. The van der Waals surface area contributed by atoms with E-state index in [9.17, 15) is 10.1 Å². The van der Waals surface area contributed by atoms with Gasteiger partial charge in [-0.05, 0) is 37.1 Å². The summed E-state index contributed by atoms with van der Waals surface area (Å²) in [6, 6.07) is 26.9. The molecular formula is C24H23N3O. The summed E-state index contributed by atoms with van der Waals surface area (Å²) in [6.45, 7) is 3.88.